The van der Waals surface area contributed by atoms with Crippen LogP contribution in [-0.2, 0) is 0 Å². The second kappa shape index (κ2) is 5.27. The SMILES string of the molecule is CSC(=NC#N)N(C)c1ccc(O)cc1. The van der Waals surface area contributed by atoms with E-state index in [9.17, 15) is 0 Å². The quantitative estimate of drug-likeness (QED) is 0.448. The molecule has 0 aliphatic carbocycles. The van der Waals surface area contributed by atoms with Crippen molar-refractivity contribution < 1.29 is 5.11 Å². The molecule has 0 atom stereocenters. The Bertz CT molecular complexity index is 394. The van der Waals surface area contributed by atoms with E-state index in [1.54, 1.807) is 35.4 Å². The standard InChI is InChI=1S/C10H11N3OS/c1-13(10(15-2)12-7-11)8-3-5-9(14)6-4-8/h3-6,14H,1-2H3. The summed E-state index contributed by atoms with van der Waals surface area (Å²) in [5.41, 5.74) is 0.871. The van der Waals surface area contributed by atoms with E-state index in [1.807, 2.05) is 13.3 Å². The van der Waals surface area contributed by atoms with Gasteiger partial charge in [-0.3, -0.25) is 0 Å². The molecule has 0 unspecified atom stereocenters. The van der Waals surface area contributed by atoms with Crippen LogP contribution < -0.4 is 4.90 Å². The molecule has 15 heavy (non-hydrogen) atoms. The van der Waals surface area contributed by atoms with Crippen LogP contribution in [0.2, 0.25) is 0 Å². The molecule has 0 aromatic heterocycles. The first kappa shape index (κ1) is 11.4. The normalized spacial score (nSPS) is 10.9. The lowest BCUT2D eigenvalue weighted by Gasteiger charge is -2.18. The Morgan fingerprint density at radius 3 is 2.53 bits per heavy atom. The number of aromatic hydroxyl groups is 1. The molecule has 1 aromatic carbocycles. The number of nitriles is 1. The average Bonchev–Trinajstić information content (AvgIpc) is 2.26. The zero-order valence-electron chi connectivity index (χ0n) is 8.51. The molecule has 0 saturated carbocycles. The van der Waals surface area contributed by atoms with Gasteiger partial charge in [0.05, 0.1) is 0 Å². The van der Waals surface area contributed by atoms with Gasteiger partial charge in [0.25, 0.3) is 0 Å². The van der Waals surface area contributed by atoms with Gasteiger partial charge in [-0.25, -0.2) is 0 Å². The summed E-state index contributed by atoms with van der Waals surface area (Å²) in [6, 6.07) is 6.71. The van der Waals surface area contributed by atoms with Crippen LogP contribution in [0.25, 0.3) is 0 Å². The summed E-state index contributed by atoms with van der Waals surface area (Å²) >= 11 is 1.39. The van der Waals surface area contributed by atoms with Gasteiger partial charge in [-0.15, -0.1) is 4.99 Å². The number of anilines is 1. The van der Waals surface area contributed by atoms with E-state index < -0.39 is 0 Å². The van der Waals surface area contributed by atoms with Crippen molar-refractivity contribution in [3.05, 3.63) is 24.3 Å². The van der Waals surface area contributed by atoms with E-state index in [0.717, 1.165) is 5.69 Å². The minimum absolute atomic E-state index is 0.218. The van der Waals surface area contributed by atoms with Crippen LogP contribution in [0.4, 0.5) is 5.69 Å². The summed E-state index contributed by atoms with van der Waals surface area (Å²) in [6.07, 6.45) is 3.61. The number of phenolic OH excluding ortho intramolecular Hbond substituents is 1. The Labute approximate surface area is 92.9 Å². The minimum atomic E-state index is 0.218. The molecule has 0 aliphatic heterocycles. The summed E-state index contributed by atoms with van der Waals surface area (Å²) in [7, 11) is 1.82. The predicted octanol–water partition coefficient (Wildman–Crippen LogP) is 2.03. The molecule has 1 rings (SSSR count). The Kier molecular flexibility index (Phi) is 4.01. The van der Waals surface area contributed by atoms with Gasteiger partial charge in [-0.05, 0) is 30.5 Å². The van der Waals surface area contributed by atoms with Crippen LogP contribution in [-0.4, -0.2) is 23.6 Å². The molecule has 0 heterocycles. The van der Waals surface area contributed by atoms with Gasteiger partial charge in [0, 0.05) is 12.7 Å². The number of thioether (sulfide) groups is 1. The topological polar surface area (TPSA) is 59.6 Å². The third kappa shape index (κ3) is 2.89. The molecule has 0 spiro atoms. The van der Waals surface area contributed by atoms with E-state index in [1.165, 1.54) is 11.8 Å². The number of rotatable bonds is 1. The largest absolute Gasteiger partial charge is 0.508 e. The van der Waals surface area contributed by atoms with Crippen LogP contribution >= 0.6 is 11.8 Å². The molecule has 78 valence electrons. The van der Waals surface area contributed by atoms with Crippen LogP contribution in [0, 0.1) is 11.5 Å². The first-order valence-electron chi connectivity index (χ1n) is 4.22. The van der Waals surface area contributed by atoms with Crippen LogP contribution in [0.15, 0.2) is 29.3 Å². The van der Waals surface area contributed by atoms with Crippen molar-refractivity contribution in [3.63, 3.8) is 0 Å². The van der Waals surface area contributed by atoms with Crippen molar-refractivity contribution in [1.82, 2.24) is 0 Å². The highest BCUT2D eigenvalue weighted by atomic mass is 32.2. The van der Waals surface area contributed by atoms with E-state index in [2.05, 4.69) is 4.99 Å². The fraction of sp³-hybridized carbons (Fsp3) is 0.200. The summed E-state index contributed by atoms with van der Waals surface area (Å²) in [5.74, 6) is 0.218. The predicted molar refractivity (Wildman–Crippen MR) is 63.1 cm³/mol. The average molecular weight is 221 g/mol. The van der Waals surface area contributed by atoms with Crippen molar-refractivity contribution in [1.29, 1.82) is 5.26 Å². The van der Waals surface area contributed by atoms with Gasteiger partial charge in [0.2, 0.25) is 6.19 Å². The molecule has 5 heteroatoms. The molecule has 0 bridgehead atoms. The maximum atomic E-state index is 9.13. The summed E-state index contributed by atoms with van der Waals surface area (Å²) in [6.45, 7) is 0. The number of phenols is 1. The Morgan fingerprint density at radius 2 is 2.07 bits per heavy atom. The lowest BCUT2D eigenvalue weighted by atomic mass is 10.3. The smallest absolute Gasteiger partial charge is 0.208 e. The molecule has 0 amide bonds. The van der Waals surface area contributed by atoms with Crippen molar-refractivity contribution >= 4 is 22.6 Å². The molecule has 4 nitrogen and oxygen atoms in total. The first-order chi connectivity index (χ1) is 7.19. The fourth-order valence-corrected chi connectivity index (χ4v) is 1.60. The number of aliphatic imine (C=N–C) groups is 1. The van der Waals surface area contributed by atoms with Gasteiger partial charge in [0.15, 0.2) is 5.17 Å². The van der Waals surface area contributed by atoms with Crippen LogP contribution in [0.1, 0.15) is 0 Å². The highest BCUT2D eigenvalue weighted by molar-refractivity contribution is 8.13. The van der Waals surface area contributed by atoms with Crippen molar-refractivity contribution in [2.45, 2.75) is 0 Å². The molecule has 0 fully saturated rings. The third-order valence-corrected chi connectivity index (χ3v) is 2.58. The van der Waals surface area contributed by atoms with Crippen molar-refractivity contribution in [2.24, 2.45) is 4.99 Å². The van der Waals surface area contributed by atoms with E-state index >= 15 is 0 Å². The molecule has 1 N–H and O–H groups in total. The molecular weight excluding hydrogens is 210 g/mol. The minimum Gasteiger partial charge on any atom is -0.508 e. The second-order valence-electron chi connectivity index (χ2n) is 2.77. The molecule has 1 aromatic rings. The highest BCUT2D eigenvalue weighted by Gasteiger charge is 2.07. The maximum absolute atomic E-state index is 9.13. The third-order valence-electron chi connectivity index (χ3n) is 1.85. The lowest BCUT2D eigenvalue weighted by Crippen LogP contribution is -2.22. The molecular formula is C10H11N3OS. The lowest BCUT2D eigenvalue weighted by molar-refractivity contribution is 0.475. The van der Waals surface area contributed by atoms with Gasteiger partial charge >= 0.3 is 0 Å². The maximum Gasteiger partial charge on any atom is 0.208 e. The number of hydrogen-bond acceptors (Lipinski definition) is 4. The first-order valence-corrected chi connectivity index (χ1v) is 5.45. The summed E-state index contributed by atoms with van der Waals surface area (Å²) < 4.78 is 0. The van der Waals surface area contributed by atoms with Gasteiger partial charge in [-0.2, -0.15) is 5.26 Å². The monoisotopic (exact) mass is 221 g/mol. The van der Waals surface area contributed by atoms with Crippen molar-refractivity contribution in [3.8, 4) is 11.9 Å². The zero-order chi connectivity index (χ0) is 11.3. The number of hydrogen-bond donors (Lipinski definition) is 1. The molecule has 0 aliphatic rings. The van der Waals surface area contributed by atoms with Crippen molar-refractivity contribution in [2.75, 3.05) is 18.2 Å². The summed E-state index contributed by atoms with van der Waals surface area (Å²) in [4.78, 5) is 5.48. The number of nitrogens with zero attached hydrogens (tertiary/aromatic N) is 3. The Balaban J connectivity index is 2.94. The Hall–Kier alpha value is -1.67. The molecule has 0 radical (unpaired) electrons. The van der Waals surface area contributed by atoms with Gasteiger partial charge in [0.1, 0.15) is 5.75 Å². The van der Waals surface area contributed by atoms with Crippen LogP contribution in [0.5, 0.6) is 5.75 Å². The number of amidine groups is 1. The highest BCUT2D eigenvalue weighted by Crippen LogP contribution is 2.19. The second-order valence-corrected chi connectivity index (χ2v) is 3.55. The zero-order valence-corrected chi connectivity index (χ0v) is 9.32. The van der Waals surface area contributed by atoms with Gasteiger partial charge < -0.3 is 10.0 Å². The van der Waals surface area contributed by atoms with E-state index in [0.29, 0.717) is 5.17 Å². The fourth-order valence-electron chi connectivity index (χ4n) is 1.09. The van der Waals surface area contributed by atoms with Crippen LogP contribution in [0.3, 0.4) is 0 Å². The van der Waals surface area contributed by atoms with Gasteiger partial charge in [-0.1, -0.05) is 11.8 Å². The Morgan fingerprint density at radius 1 is 1.47 bits per heavy atom. The molecule has 0 saturated heterocycles. The number of benzene rings is 1. The summed E-state index contributed by atoms with van der Waals surface area (Å²) in [5, 5.41) is 18.2. The van der Waals surface area contributed by atoms with E-state index in [-0.39, 0.29) is 5.75 Å². The van der Waals surface area contributed by atoms with E-state index in [4.69, 9.17) is 10.4 Å².